The van der Waals surface area contributed by atoms with Crippen LogP contribution in [0.5, 0.6) is 0 Å². The molecule has 0 saturated heterocycles. The molecule has 0 aromatic heterocycles. The first-order chi connectivity index (χ1) is 8.24. The number of nitrogens with one attached hydrogen (secondary N) is 2. The van der Waals surface area contributed by atoms with Gasteiger partial charge in [-0.2, -0.15) is 0 Å². The van der Waals surface area contributed by atoms with E-state index in [-0.39, 0.29) is 0 Å². The molecular formula is C14H14N2S. The summed E-state index contributed by atoms with van der Waals surface area (Å²) in [6.07, 6.45) is 0. The van der Waals surface area contributed by atoms with Gasteiger partial charge in [-0.15, -0.1) is 0 Å². The van der Waals surface area contributed by atoms with E-state index in [2.05, 4.69) is 10.6 Å². The van der Waals surface area contributed by atoms with Gasteiger partial charge in [0.15, 0.2) is 0 Å². The van der Waals surface area contributed by atoms with Gasteiger partial charge in [0, 0.05) is 17.1 Å². The Morgan fingerprint density at radius 3 is 1.94 bits per heavy atom. The van der Waals surface area contributed by atoms with Crippen LogP contribution in [0.1, 0.15) is 6.92 Å². The average molecular weight is 242 g/mol. The van der Waals surface area contributed by atoms with E-state index < -0.39 is 0 Å². The lowest BCUT2D eigenvalue weighted by Crippen LogP contribution is -2.02. The molecule has 2 rings (SSSR count). The fourth-order valence-electron chi connectivity index (χ4n) is 1.53. The quantitative estimate of drug-likeness (QED) is 0.789. The van der Waals surface area contributed by atoms with Gasteiger partial charge >= 0.3 is 0 Å². The van der Waals surface area contributed by atoms with E-state index in [4.69, 9.17) is 12.2 Å². The Bertz CT molecular complexity index is 491. The van der Waals surface area contributed by atoms with Crippen LogP contribution in [0, 0.1) is 0 Å². The second-order valence-corrected chi connectivity index (χ2v) is 4.36. The number of benzene rings is 2. The third-order valence-electron chi connectivity index (χ3n) is 2.27. The Labute approximate surface area is 107 Å². The van der Waals surface area contributed by atoms with Crippen molar-refractivity contribution < 1.29 is 0 Å². The fraction of sp³-hybridized carbons (Fsp3) is 0.0714. The van der Waals surface area contributed by atoms with E-state index >= 15 is 0 Å². The molecule has 0 aliphatic heterocycles. The maximum atomic E-state index is 4.99. The zero-order valence-corrected chi connectivity index (χ0v) is 10.4. The second kappa shape index (κ2) is 5.46. The first-order valence-electron chi connectivity index (χ1n) is 5.44. The van der Waals surface area contributed by atoms with Crippen molar-refractivity contribution in [1.29, 1.82) is 0 Å². The lowest BCUT2D eigenvalue weighted by molar-refractivity contribution is 1.54. The first-order valence-corrected chi connectivity index (χ1v) is 5.84. The summed E-state index contributed by atoms with van der Waals surface area (Å²) in [6.45, 7) is 1.87. The highest BCUT2D eigenvalue weighted by Gasteiger charge is 1.95. The van der Waals surface area contributed by atoms with Crippen LogP contribution in [0.15, 0.2) is 54.6 Å². The molecule has 0 radical (unpaired) electrons. The van der Waals surface area contributed by atoms with Gasteiger partial charge in [-0.3, -0.25) is 0 Å². The van der Waals surface area contributed by atoms with E-state index in [1.807, 2.05) is 61.5 Å². The number of thiocarbonyl (C=S) groups is 1. The molecular weight excluding hydrogens is 228 g/mol. The van der Waals surface area contributed by atoms with Crippen molar-refractivity contribution in [2.75, 3.05) is 10.6 Å². The molecule has 0 bridgehead atoms. The third-order valence-corrected chi connectivity index (χ3v) is 2.37. The predicted octanol–water partition coefficient (Wildman–Crippen LogP) is 4.19. The van der Waals surface area contributed by atoms with Crippen molar-refractivity contribution in [2.24, 2.45) is 0 Å². The van der Waals surface area contributed by atoms with Crippen molar-refractivity contribution in [3.8, 4) is 0 Å². The molecule has 0 aliphatic carbocycles. The molecule has 0 spiro atoms. The van der Waals surface area contributed by atoms with Gasteiger partial charge in [-0.1, -0.05) is 30.4 Å². The first kappa shape index (κ1) is 11.6. The maximum absolute atomic E-state index is 4.99. The van der Waals surface area contributed by atoms with E-state index in [9.17, 15) is 0 Å². The molecule has 0 heterocycles. The Balaban J connectivity index is 2.06. The maximum Gasteiger partial charge on any atom is 0.0765 e. The van der Waals surface area contributed by atoms with Crippen molar-refractivity contribution in [2.45, 2.75) is 6.92 Å². The van der Waals surface area contributed by atoms with E-state index in [1.165, 1.54) is 0 Å². The molecule has 2 aromatic carbocycles. The van der Waals surface area contributed by atoms with Gasteiger partial charge in [0.1, 0.15) is 0 Å². The van der Waals surface area contributed by atoms with Gasteiger partial charge in [0.05, 0.1) is 4.99 Å². The van der Waals surface area contributed by atoms with E-state index in [0.717, 1.165) is 22.1 Å². The smallest absolute Gasteiger partial charge is 0.0765 e. The van der Waals surface area contributed by atoms with Crippen LogP contribution in [0.3, 0.4) is 0 Å². The Kier molecular flexibility index (Phi) is 3.73. The van der Waals surface area contributed by atoms with Crippen molar-refractivity contribution >= 4 is 34.3 Å². The SMILES string of the molecule is CC(=S)Nc1ccc(Nc2ccccc2)cc1. The lowest BCUT2D eigenvalue weighted by Gasteiger charge is -2.08. The topological polar surface area (TPSA) is 24.1 Å². The highest BCUT2D eigenvalue weighted by molar-refractivity contribution is 7.80. The molecule has 17 heavy (non-hydrogen) atoms. The van der Waals surface area contributed by atoms with Gasteiger partial charge in [0.2, 0.25) is 0 Å². The predicted molar refractivity (Wildman–Crippen MR) is 78.1 cm³/mol. The van der Waals surface area contributed by atoms with Crippen molar-refractivity contribution in [3.63, 3.8) is 0 Å². The van der Waals surface area contributed by atoms with Crippen LogP contribution in [0.4, 0.5) is 17.1 Å². The number of hydrogen-bond acceptors (Lipinski definition) is 2. The van der Waals surface area contributed by atoms with Crippen molar-refractivity contribution in [1.82, 2.24) is 0 Å². The zero-order valence-electron chi connectivity index (χ0n) is 9.60. The largest absolute Gasteiger partial charge is 0.356 e. The zero-order chi connectivity index (χ0) is 12.1. The van der Waals surface area contributed by atoms with Crippen molar-refractivity contribution in [3.05, 3.63) is 54.6 Å². The van der Waals surface area contributed by atoms with Crippen LogP contribution in [0.2, 0.25) is 0 Å². The van der Waals surface area contributed by atoms with Crippen LogP contribution in [-0.4, -0.2) is 4.99 Å². The highest BCUT2D eigenvalue weighted by Crippen LogP contribution is 2.18. The molecule has 86 valence electrons. The highest BCUT2D eigenvalue weighted by atomic mass is 32.1. The summed E-state index contributed by atoms with van der Waals surface area (Å²) in [7, 11) is 0. The molecule has 3 heteroatoms. The van der Waals surface area contributed by atoms with Gasteiger partial charge < -0.3 is 10.6 Å². The van der Waals surface area contributed by atoms with Gasteiger partial charge in [-0.25, -0.2) is 0 Å². The molecule has 0 atom stereocenters. The van der Waals surface area contributed by atoms with Gasteiger partial charge in [0.25, 0.3) is 0 Å². The number of rotatable bonds is 3. The van der Waals surface area contributed by atoms with E-state index in [1.54, 1.807) is 0 Å². The molecule has 0 fully saturated rings. The number of hydrogen-bond donors (Lipinski definition) is 2. The number of para-hydroxylation sites is 1. The van der Waals surface area contributed by atoms with Crippen LogP contribution in [-0.2, 0) is 0 Å². The monoisotopic (exact) mass is 242 g/mol. The molecule has 0 unspecified atom stereocenters. The summed E-state index contributed by atoms with van der Waals surface area (Å²) in [5.41, 5.74) is 3.15. The van der Waals surface area contributed by atoms with Gasteiger partial charge in [-0.05, 0) is 43.3 Å². The molecule has 2 aromatic rings. The fourth-order valence-corrected chi connectivity index (χ4v) is 1.65. The summed E-state index contributed by atoms with van der Waals surface area (Å²) < 4.78 is 0. The summed E-state index contributed by atoms with van der Waals surface area (Å²) in [6, 6.07) is 18.1. The normalized spacial score (nSPS) is 9.71. The summed E-state index contributed by atoms with van der Waals surface area (Å²) in [5, 5.41) is 6.42. The van der Waals surface area contributed by atoms with E-state index in [0.29, 0.717) is 0 Å². The summed E-state index contributed by atoms with van der Waals surface area (Å²) in [4.78, 5) is 0.772. The second-order valence-electron chi connectivity index (χ2n) is 3.75. The minimum atomic E-state index is 0.772. The molecule has 2 N–H and O–H groups in total. The van der Waals surface area contributed by atoms with Crippen LogP contribution >= 0.6 is 12.2 Å². The third kappa shape index (κ3) is 3.57. The standard InChI is InChI=1S/C14H14N2S/c1-11(17)15-13-7-9-14(10-8-13)16-12-5-3-2-4-6-12/h2-10,16H,1H3,(H,15,17). The van der Waals surface area contributed by atoms with Crippen LogP contribution in [0.25, 0.3) is 0 Å². The molecule has 0 amide bonds. The Morgan fingerprint density at radius 1 is 0.824 bits per heavy atom. The van der Waals surface area contributed by atoms with Crippen LogP contribution < -0.4 is 10.6 Å². The molecule has 0 aliphatic rings. The average Bonchev–Trinajstić information content (AvgIpc) is 2.32. The molecule has 2 nitrogen and oxygen atoms in total. The number of anilines is 3. The minimum Gasteiger partial charge on any atom is -0.356 e. The molecule has 0 saturated carbocycles. The minimum absolute atomic E-state index is 0.772. The summed E-state index contributed by atoms with van der Waals surface area (Å²) >= 11 is 4.99. The Morgan fingerprint density at radius 2 is 1.35 bits per heavy atom. The lowest BCUT2D eigenvalue weighted by atomic mass is 10.2. The summed E-state index contributed by atoms with van der Waals surface area (Å²) in [5.74, 6) is 0. The Hall–Kier alpha value is -1.87.